The first-order chi connectivity index (χ1) is 9.66. The summed E-state index contributed by atoms with van der Waals surface area (Å²) in [5.41, 5.74) is 0.576. The summed E-state index contributed by atoms with van der Waals surface area (Å²) < 4.78 is 0.914. The van der Waals surface area contributed by atoms with Gasteiger partial charge in [0.1, 0.15) is 5.69 Å². The van der Waals surface area contributed by atoms with E-state index in [1.807, 2.05) is 12.1 Å². The number of rotatable bonds is 1. The van der Waals surface area contributed by atoms with E-state index < -0.39 is 0 Å². The van der Waals surface area contributed by atoms with E-state index in [0.717, 1.165) is 29.8 Å². The van der Waals surface area contributed by atoms with Crippen LogP contribution >= 0.6 is 15.9 Å². The second-order valence-electron chi connectivity index (χ2n) is 6.14. The average molecular weight is 337 g/mol. The molecule has 1 aliphatic carbocycles. The van der Waals surface area contributed by atoms with Gasteiger partial charge in [0, 0.05) is 23.3 Å². The Labute approximate surface area is 128 Å². The molecule has 0 radical (unpaired) electrons. The highest BCUT2D eigenvalue weighted by Gasteiger charge is 2.39. The molecular formula is C16H21BrN2O. The van der Waals surface area contributed by atoms with Gasteiger partial charge >= 0.3 is 0 Å². The summed E-state index contributed by atoms with van der Waals surface area (Å²) in [4.78, 5) is 19.1. The maximum absolute atomic E-state index is 12.7. The molecule has 0 aromatic carbocycles. The summed E-state index contributed by atoms with van der Waals surface area (Å²) in [6, 6.07) is 4.15. The predicted octanol–water partition coefficient (Wildman–Crippen LogP) is 3.88. The van der Waals surface area contributed by atoms with Crippen LogP contribution < -0.4 is 0 Å². The zero-order valence-electron chi connectivity index (χ0n) is 11.9. The number of carbonyl (C=O) groups excluding carboxylic acids is 1. The highest BCUT2D eigenvalue weighted by atomic mass is 79.9. The first-order valence-electron chi connectivity index (χ1n) is 7.59. The number of piperidine rings is 1. The first-order valence-corrected chi connectivity index (χ1v) is 8.38. The summed E-state index contributed by atoms with van der Waals surface area (Å²) in [7, 11) is 0. The SMILES string of the molecule is CC1CCN(C(=O)c2ccc(Br)cn2)C2CCCCC12. The third-order valence-corrected chi connectivity index (χ3v) is 5.41. The molecule has 0 N–H and O–H groups in total. The lowest BCUT2D eigenvalue weighted by molar-refractivity contribution is 0.0213. The topological polar surface area (TPSA) is 33.2 Å². The number of pyridine rings is 1. The monoisotopic (exact) mass is 336 g/mol. The van der Waals surface area contributed by atoms with E-state index in [9.17, 15) is 4.79 Å². The Morgan fingerprint density at radius 3 is 2.85 bits per heavy atom. The molecule has 20 heavy (non-hydrogen) atoms. The molecule has 2 heterocycles. The van der Waals surface area contributed by atoms with Gasteiger partial charge in [0.25, 0.3) is 5.91 Å². The van der Waals surface area contributed by atoms with E-state index in [-0.39, 0.29) is 5.91 Å². The van der Waals surface area contributed by atoms with Gasteiger partial charge in [0.15, 0.2) is 0 Å². The maximum Gasteiger partial charge on any atom is 0.272 e. The molecule has 2 aliphatic rings. The van der Waals surface area contributed by atoms with Crippen molar-refractivity contribution in [3.63, 3.8) is 0 Å². The number of aromatic nitrogens is 1. The molecule has 0 spiro atoms. The van der Waals surface area contributed by atoms with Crippen LogP contribution in [-0.2, 0) is 0 Å². The van der Waals surface area contributed by atoms with Gasteiger partial charge < -0.3 is 4.90 Å². The van der Waals surface area contributed by atoms with Crippen LogP contribution in [0.15, 0.2) is 22.8 Å². The van der Waals surface area contributed by atoms with Crippen LogP contribution in [0.4, 0.5) is 0 Å². The van der Waals surface area contributed by atoms with E-state index in [2.05, 4.69) is 32.7 Å². The van der Waals surface area contributed by atoms with Crippen molar-refractivity contribution in [3.8, 4) is 0 Å². The number of likely N-dealkylation sites (tertiary alicyclic amines) is 1. The Balaban J connectivity index is 1.81. The van der Waals surface area contributed by atoms with E-state index in [1.165, 1.54) is 19.3 Å². The molecule has 3 atom stereocenters. The number of carbonyl (C=O) groups is 1. The van der Waals surface area contributed by atoms with E-state index in [0.29, 0.717) is 17.7 Å². The van der Waals surface area contributed by atoms with E-state index in [4.69, 9.17) is 0 Å². The van der Waals surface area contributed by atoms with Crippen molar-refractivity contribution < 1.29 is 4.79 Å². The molecule has 1 amide bonds. The second-order valence-corrected chi connectivity index (χ2v) is 7.06. The van der Waals surface area contributed by atoms with Gasteiger partial charge in [-0.3, -0.25) is 4.79 Å². The molecule has 0 bridgehead atoms. The lowest BCUT2D eigenvalue weighted by atomic mass is 9.72. The third kappa shape index (κ3) is 2.62. The Kier molecular flexibility index (Phi) is 4.11. The van der Waals surface area contributed by atoms with Crippen LogP contribution in [0, 0.1) is 11.8 Å². The van der Waals surface area contributed by atoms with Crippen molar-refractivity contribution in [2.24, 2.45) is 11.8 Å². The molecule has 108 valence electrons. The third-order valence-electron chi connectivity index (χ3n) is 4.95. The molecule has 1 saturated carbocycles. The molecule has 4 heteroatoms. The van der Waals surface area contributed by atoms with Gasteiger partial charge in [-0.1, -0.05) is 19.8 Å². The van der Waals surface area contributed by atoms with Gasteiger partial charge in [-0.05, 0) is 59.2 Å². The molecule has 1 aromatic heterocycles. The minimum Gasteiger partial charge on any atom is -0.334 e. The fourth-order valence-electron chi connectivity index (χ4n) is 3.81. The molecule has 1 aliphatic heterocycles. The summed E-state index contributed by atoms with van der Waals surface area (Å²) >= 11 is 3.37. The maximum atomic E-state index is 12.7. The van der Waals surface area contributed by atoms with Crippen LogP contribution in [0.1, 0.15) is 49.5 Å². The first kappa shape index (κ1) is 14.1. The summed E-state index contributed by atoms with van der Waals surface area (Å²) in [5.74, 6) is 1.56. The van der Waals surface area contributed by atoms with Crippen molar-refractivity contribution in [1.29, 1.82) is 0 Å². The minimum absolute atomic E-state index is 0.112. The number of fused-ring (bicyclic) bond motifs is 1. The summed E-state index contributed by atoms with van der Waals surface area (Å²) in [6.07, 6.45) is 7.86. The van der Waals surface area contributed by atoms with Crippen LogP contribution in [0.3, 0.4) is 0 Å². The normalized spacial score (nSPS) is 29.9. The zero-order valence-corrected chi connectivity index (χ0v) is 13.5. The Morgan fingerprint density at radius 1 is 1.30 bits per heavy atom. The number of halogens is 1. The average Bonchev–Trinajstić information content (AvgIpc) is 2.48. The standard InChI is InChI=1S/C16H21BrN2O/c1-11-8-9-19(15-5-3-2-4-13(11)15)16(20)14-7-6-12(17)10-18-14/h6-7,10-11,13,15H,2-5,8-9H2,1H3. The Hall–Kier alpha value is -0.900. The second kappa shape index (κ2) is 5.84. The molecule has 1 aromatic rings. The van der Waals surface area contributed by atoms with Crippen molar-refractivity contribution in [2.75, 3.05) is 6.54 Å². The highest BCUT2D eigenvalue weighted by Crippen LogP contribution is 2.39. The van der Waals surface area contributed by atoms with Crippen molar-refractivity contribution in [1.82, 2.24) is 9.88 Å². The lowest BCUT2D eigenvalue weighted by Gasteiger charge is -2.47. The lowest BCUT2D eigenvalue weighted by Crippen LogP contribution is -2.52. The van der Waals surface area contributed by atoms with Crippen LogP contribution in [0.5, 0.6) is 0 Å². The molecule has 3 rings (SSSR count). The molecule has 3 nitrogen and oxygen atoms in total. The summed E-state index contributed by atoms with van der Waals surface area (Å²) in [5, 5.41) is 0. The quantitative estimate of drug-likeness (QED) is 0.779. The molecule has 1 saturated heterocycles. The fraction of sp³-hybridized carbons (Fsp3) is 0.625. The largest absolute Gasteiger partial charge is 0.334 e. The number of amides is 1. The number of hydrogen-bond acceptors (Lipinski definition) is 2. The number of hydrogen-bond donors (Lipinski definition) is 0. The zero-order chi connectivity index (χ0) is 14.1. The highest BCUT2D eigenvalue weighted by molar-refractivity contribution is 9.10. The van der Waals surface area contributed by atoms with Crippen LogP contribution in [-0.4, -0.2) is 28.4 Å². The molecular weight excluding hydrogens is 316 g/mol. The van der Waals surface area contributed by atoms with E-state index >= 15 is 0 Å². The Morgan fingerprint density at radius 2 is 2.10 bits per heavy atom. The van der Waals surface area contributed by atoms with Crippen molar-refractivity contribution >= 4 is 21.8 Å². The van der Waals surface area contributed by atoms with Crippen LogP contribution in [0.2, 0.25) is 0 Å². The van der Waals surface area contributed by atoms with Gasteiger partial charge in [-0.15, -0.1) is 0 Å². The molecule has 3 unspecified atom stereocenters. The smallest absolute Gasteiger partial charge is 0.272 e. The van der Waals surface area contributed by atoms with Crippen molar-refractivity contribution in [2.45, 2.75) is 45.1 Å². The number of nitrogens with zero attached hydrogens (tertiary/aromatic N) is 2. The van der Waals surface area contributed by atoms with Crippen molar-refractivity contribution in [3.05, 3.63) is 28.5 Å². The van der Waals surface area contributed by atoms with Gasteiger partial charge in [-0.25, -0.2) is 4.98 Å². The summed E-state index contributed by atoms with van der Waals surface area (Å²) in [6.45, 7) is 3.24. The van der Waals surface area contributed by atoms with Gasteiger partial charge in [-0.2, -0.15) is 0 Å². The Bertz CT molecular complexity index is 488. The fourth-order valence-corrected chi connectivity index (χ4v) is 4.05. The van der Waals surface area contributed by atoms with Crippen LogP contribution in [0.25, 0.3) is 0 Å². The van der Waals surface area contributed by atoms with Gasteiger partial charge in [0.05, 0.1) is 0 Å². The van der Waals surface area contributed by atoms with Gasteiger partial charge in [0.2, 0.25) is 0 Å². The predicted molar refractivity (Wildman–Crippen MR) is 82.5 cm³/mol. The van der Waals surface area contributed by atoms with E-state index in [1.54, 1.807) is 6.20 Å². The minimum atomic E-state index is 0.112. The molecule has 2 fully saturated rings.